The van der Waals surface area contributed by atoms with Gasteiger partial charge < -0.3 is 13.8 Å². The lowest BCUT2D eigenvalue weighted by molar-refractivity contribution is 0.190. The second-order valence-corrected chi connectivity index (χ2v) is 11.0. The molecule has 1 saturated heterocycles. The summed E-state index contributed by atoms with van der Waals surface area (Å²) in [6.45, 7) is 6.40. The Labute approximate surface area is 198 Å². The summed E-state index contributed by atoms with van der Waals surface area (Å²) in [5, 5.41) is 4.87. The number of nitrogens with zero attached hydrogens (tertiary/aromatic N) is 5. The first-order chi connectivity index (χ1) is 16.3. The summed E-state index contributed by atoms with van der Waals surface area (Å²) in [4.78, 5) is 11.6. The average molecular weight is 482 g/mol. The SMILES string of the molecule is CC(C)c1noc(CN2CCC(Oc3ccc(-n4ccc5cc(S(C)(=O)=O)ccc54)nc3)C2)n1. The number of fused-ring (bicyclic) bond motifs is 1. The van der Waals surface area contributed by atoms with Crippen molar-refractivity contribution in [2.75, 3.05) is 19.3 Å². The summed E-state index contributed by atoms with van der Waals surface area (Å²) in [5.74, 6) is 3.07. The summed E-state index contributed by atoms with van der Waals surface area (Å²) in [7, 11) is -3.25. The molecule has 34 heavy (non-hydrogen) atoms. The van der Waals surface area contributed by atoms with E-state index in [0.29, 0.717) is 23.1 Å². The fourth-order valence-electron chi connectivity index (χ4n) is 4.12. The van der Waals surface area contributed by atoms with Gasteiger partial charge in [-0.3, -0.25) is 4.90 Å². The second kappa shape index (κ2) is 8.84. The van der Waals surface area contributed by atoms with E-state index in [9.17, 15) is 8.42 Å². The molecule has 1 aliphatic heterocycles. The minimum Gasteiger partial charge on any atom is -0.487 e. The molecule has 0 bridgehead atoms. The van der Waals surface area contributed by atoms with Crippen molar-refractivity contribution in [3.05, 3.63) is 60.5 Å². The van der Waals surface area contributed by atoms with E-state index in [-0.39, 0.29) is 12.0 Å². The Morgan fingerprint density at radius 2 is 2.06 bits per heavy atom. The van der Waals surface area contributed by atoms with E-state index >= 15 is 0 Å². The maximum atomic E-state index is 11.8. The van der Waals surface area contributed by atoms with Gasteiger partial charge in [0.05, 0.1) is 23.2 Å². The Hall–Kier alpha value is -3.24. The van der Waals surface area contributed by atoms with Gasteiger partial charge in [0.15, 0.2) is 15.7 Å². The molecule has 0 amide bonds. The van der Waals surface area contributed by atoms with Crippen LogP contribution in [0.2, 0.25) is 0 Å². The number of hydrogen-bond acceptors (Lipinski definition) is 8. The van der Waals surface area contributed by atoms with E-state index < -0.39 is 9.84 Å². The molecular weight excluding hydrogens is 454 g/mol. The predicted molar refractivity (Wildman–Crippen MR) is 127 cm³/mol. The first kappa shape index (κ1) is 22.5. The molecule has 10 heteroatoms. The van der Waals surface area contributed by atoms with Crippen molar-refractivity contribution in [3.63, 3.8) is 0 Å². The van der Waals surface area contributed by atoms with Crippen molar-refractivity contribution in [1.29, 1.82) is 0 Å². The summed E-state index contributed by atoms with van der Waals surface area (Å²) < 4.78 is 37.1. The number of sulfone groups is 1. The zero-order chi connectivity index (χ0) is 23.9. The molecule has 4 aromatic rings. The minimum absolute atomic E-state index is 0.0713. The highest BCUT2D eigenvalue weighted by atomic mass is 32.2. The predicted octanol–water partition coefficient (Wildman–Crippen LogP) is 3.59. The highest BCUT2D eigenvalue weighted by Gasteiger charge is 2.26. The Balaban J connectivity index is 1.23. The molecule has 1 fully saturated rings. The van der Waals surface area contributed by atoms with Crippen LogP contribution in [-0.4, -0.2) is 58.5 Å². The third-order valence-corrected chi connectivity index (χ3v) is 7.06. The van der Waals surface area contributed by atoms with Gasteiger partial charge in [0.25, 0.3) is 0 Å². The van der Waals surface area contributed by atoms with E-state index in [0.717, 1.165) is 42.1 Å². The average Bonchev–Trinajstić information content (AvgIpc) is 3.54. The van der Waals surface area contributed by atoms with Crippen LogP contribution in [0.15, 0.2) is 58.2 Å². The van der Waals surface area contributed by atoms with Crippen LogP contribution in [0, 0.1) is 0 Å². The molecule has 4 heterocycles. The molecule has 0 spiro atoms. The van der Waals surface area contributed by atoms with Crippen LogP contribution in [0.1, 0.15) is 37.9 Å². The number of hydrogen-bond donors (Lipinski definition) is 0. The zero-order valence-electron chi connectivity index (χ0n) is 19.4. The van der Waals surface area contributed by atoms with Crippen molar-refractivity contribution in [2.24, 2.45) is 0 Å². The maximum absolute atomic E-state index is 11.8. The molecule has 1 aromatic carbocycles. The molecule has 1 aliphatic rings. The Morgan fingerprint density at radius 1 is 1.21 bits per heavy atom. The van der Waals surface area contributed by atoms with Gasteiger partial charge in [-0.1, -0.05) is 19.0 Å². The van der Waals surface area contributed by atoms with Crippen molar-refractivity contribution >= 4 is 20.7 Å². The number of aromatic nitrogens is 4. The topological polar surface area (TPSA) is 103 Å². The second-order valence-electron chi connectivity index (χ2n) is 9.00. The van der Waals surface area contributed by atoms with Crippen molar-refractivity contribution in [3.8, 4) is 11.6 Å². The molecule has 5 rings (SSSR count). The Kier molecular flexibility index (Phi) is 5.86. The van der Waals surface area contributed by atoms with Crippen LogP contribution < -0.4 is 4.74 Å². The third-order valence-electron chi connectivity index (χ3n) is 5.95. The van der Waals surface area contributed by atoms with E-state index in [2.05, 4.69) is 20.0 Å². The fraction of sp³-hybridized carbons (Fsp3) is 0.375. The van der Waals surface area contributed by atoms with Crippen LogP contribution in [0.25, 0.3) is 16.7 Å². The molecular formula is C24H27N5O4S. The summed E-state index contributed by atoms with van der Waals surface area (Å²) >= 11 is 0. The highest BCUT2D eigenvalue weighted by molar-refractivity contribution is 7.90. The van der Waals surface area contributed by atoms with Gasteiger partial charge in [0.2, 0.25) is 5.89 Å². The smallest absolute Gasteiger partial charge is 0.240 e. The van der Waals surface area contributed by atoms with E-state index in [1.807, 2.05) is 42.8 Å². The standard InChI is InChI=1S/C24H27N5O4S/c1-16(2)24-26-23(33-27-24)15-28-10-9-19(14-28)32-18-4-7-22(25-13-18)29-11-8-17-12-20(34(3,30)31)5-6-21(17)29/h4-8,11-13,16,19H,9-10,14-15H2,1-3H3. The van der Waals surface area contributed by atoms with Crippen molar-refractivity contribution in [2.45, 2.75) is 43.7 Å². The molecule has 3 aromatic heterocycles. The van der Waals surface area contributed by atoms with E-state index in [4.69, 9.17) is 9.26 Å². The molecule has 178 valence electrons. The number of likely N-dealkylation sites (tertiary alicyclic amines) is 1. The minimum atomic E-state index is -3.25. The number of benzene rings is 1. The van der Waals surface area contributed by atoms with Crippen LogP contribution in [-0.2, 0) is 16.4 Å². The highest BCUT2D eigenvalue weighted by Crippen LogP contribution is 2.25. The number of pyridine rings is 1. The maximum Gasteiger partial charge on any atom is 0.240 e. The van der Waals surface area contributed by atoms with Gasteiger partial charge in [-0.05, 0) is 42.8 Å². The first-order valence-corrected chi connectivity index (χ1v) is 13.1. The lowest BCUT2D eigenvalue weighted by atomic mass is 10.2. The molecule has 1 unspecified atom stereocenters. The number of ether oxygens (including phenoxy) is 1. The van der Waals surface area contributed by atoms with Crippen LogP contribution in [0.5, 0.6) is 5.75 Å². The monoisotopic (exact) mass is 481 g/mol. The number of rotatable bonds is 7. The summed E-state index contributed by atoms with van der Waals surface area (Å²) in [6, 6.07) is 10.8. The first-order valence-electron chi connectivity index (χ1n) is 11.3. The fourth-order valence-corrected chi connectivity index (χ4v) is 4.78. The summed E-state index contributed by atoms with van der Waals surface area (Å²) in [6.07, 6.45) is 5.81. The lowest BCUT2D eigenvalue weighted by Gasteiger charge is -2.15. The van der Waals surface area contributed by atoms with E-state index in [1.165, 1.54) is 6.26 Å². The molecule has 1 atom stereocenters. The zero-order valence-corrected chi connectivity index (χ0v) is 20.2. The quantitative estimate of drug-likeness (QED) is 0.395. The molecule has 0 aliphatic carbocycles. The lowest BCUT2D eigenvalue weighted by Crippen LogP contribution is -2.24. The van der Waals surface area contributed by atoms with Crippen molar-refractivity contribution in [1.82, 2.24) is 24.6 Å². The van der Waals surface area contributed by atoms with Crippen LogP contribution in [0.4, 0.5) is 0 Å². The molecule has 0 N–H and O–H groups in total. The van der Waals surface area contributed by atoms with Gasteiger partial charge in [0, 0.05) is 36.8 Å². The van der Waals surface area contributed by atoms with Gasteiger partial charge in [-0.2, -0.15) is 4.98 Å². The largest absolute Gasteiger partial charge is 0.487 e. The van der Waals surface area contributed by atoms with E-state index in [1.54, 1.807) is 24.4 Å². The molecule has 9 nitrogen and oxygen atoms in total. The third kappa shape index (κ3) is 4.69. The molecule has 0 radical (unpaired) electrons. The van der Waals surface area contributed by atoms with Gasteiger partial charge in [0.1, 0.15) is 17.7 Å². The van der Waals surface area contributed by atoms with Gasteiger partial charge >= 0.3 is 0 Å². The summed E-state index contributed by atoms with van der Waals surface area (Å²) in [5.41, 5.74) is 0.890. The van der Waals surface area contributed by atoms with Crippen molar-refractivity contribution < 1.29 is 17.7 Å². The van der Waals surface area contributed by atoms with Gasteiger partial charge in [-0.15, -0.1) is 0 Å². The van der Waals surface area contributed by atoms with Crippen LogP contribution in [0.3, 0.4) is 0 Å². The molecule has 0 saturated carbocycles. The van der Waals surface area contributed by atoms with Gasteiger partial charge in [-0.25, -0.2) is 13.4 Å². The Bertz CT molecular complexity index is 1410. The van der Waals surface area contributed by atoms with Crippen LogP contribution >= 0.6 is 0 Å². The Morgan fingerprint density at radius 3 is 2.76 bits per heavy atom. The normalized spacial score (nSPS) is 17.1.